The third-order valence-electron chi connectivity index (χ3n) is 5.38. The minimum Gasteiger partial charge on any atom is -0.361 e. The van der Waals surface area contributed by atoms with Gasteiger partial charge in [0.15, 0.2) is 0 Å². The Labute approximate surface area is 158 Å². The van der Waals surface area contributed by atoms with E-state index in [0.717, 1.165) is 36.5 Å². The van der Waals surface area contributed by atoms with E-state index in [2.05, 4.69) is 70.6 Å². The number of anilines is 1. The lowest BCUT2D eigenvalue weighted by molar-refractivity contribution is 0.0899. The Bertz CT molecular complexity index is 726. The summed E-state index contributed by atoms with van der Waals surface area (Å²) in [7, 11) is 1.10. The van der Waals surface area contributed by atoms with Gasteiger partial charge >= 0.3 is 0 Å². The van der Waals surface area contributed by atoms with Crippen LogP contribution in [-0.2, 0) is 11.5 Å². The van der Waals surface area contributed by atoms with Crippen molar-refractivity contribution in [2.24, 2.45) is 5.92 Å². The van der Waals surface area contributed by atoms with Crippen LogP contribution in [0.2, 0.25) is 25.7 Å². The molecule has 1 aliphatic rings. The third kappa shape index (κ3) is 4.45. The topological polar surface area (TPSA) is 55.2 Å². The molecule has 0 aliphatic carbocycles. The normalized spacial score (nSPS) is 21.3. The van der Waals surface area contributed by atoms with Crippen LogP contribution in [0.3, 0.4) is 0 Å². The molecule has 1 N–H and O–H groups in total. The Morgan fingerprint density at radius 1 is 1.35 bits per heavy atom. The molecule has 1 saturated heterocycles. The van der Waals surface area contributed by atoms with E-state index in [1.165, 1.54) is 12.5 Å². The van der Waals surface area contributed by atoms with Gasteiger partial charge in [-0.2, -0.15) is 0 Å². The molecule has 0 radical (unpaired) electrons. The second-order valence-electron chi connectivity index (χ2n) is 8.72. The molecule has 0 bridgehead atoms. The van der Waals surface area contributed by atoms with Crippen LogP contribution in [0.15, 0.2) is 18.6 Å². The fourth-order valence-corrected chi connectivity index (χ4v) is 4.32. The minimum absolute atomic E-state index is 0.457. The molecule has 0 spiro atoms. The van der Waals surface area contributed by atoms with E-state index in [4.69, 9.17) is 4.74 Å². The van der Waals surface area contributed by atoms with Crippen molar-refractivity contribution in [3.8, 4) is 0 Å². The van der Waals surface area contributed by atoms with Gasteiger partial charge < -0.3 is 19.5 Å². The lowest BCUT2D eigenvalue weighted by Gasteiger charge is -2.37. The van der Waals surface area contributed by atoms with Crippen LogP contribution < -0.4 is 10.2 Å². The van der Waals surface area contributed by atoms with Crippen molar-refractivity contribution >= 4 is 24.9 Å². The Morgan fingerprint density at radius 3 is 2.88 bits per heavy atom. The van der Waals surface area contributed by atoms with Crippen molar-refractivity contribution < 1.29 is 4.74 Å². The minimum atomic E-state index is -1.06. The summed E-state index contributed by atoms with van der Waals surface area (Å²) < 4.78 is 7.99. The molecule has 0 amide bonds. The molecule has 0 unspecified atom stereocenters. The van der Waals surface area contributed by atoms with Crippen LogP contribution in [0.5, 0.6) is 0 Å². The van der Waals surface area contributed by atoms with Gasteiger partial charge in [-0.15, -0.1) is 0 Å². The van der Waals surface area contributed by atoms with Gasteiger partial charge in [-0.05, 0) is 31.0 Å². The van der Waals surface area contributed by atoms with Crippen LogP contribution in [0, 0.1) is 5.92 Å². The predicted octanol–water partition coefficient (Wildman–Crippen LogP) is 3.18. The SMILES string of the molecule is C[C@@H]1CCNC[C@@H]1N(C)c1ncnc2c1ccn2COCC[Si](C)(C)C. The van der Waals surface area contributed by atoms with Crippen molar-refractivity contribution in [1.29, 1.82) is 0 Å². The number of fused-ring (bicyclic) bond motifs is 1. The van der Waals surface area contributed by atoms with Crippen molar-refractivity contribution in [1.82, 2.24) is 19.9 Å². The van der Waals surface area contributed by atoms with E-state index in [9.17, 15) is 0 Å². The number of nitrogens with one attached hydrogen (secondary N) is 1. The molecule has 6 nitrogen and oxygen atoms in total. The van der Waals surface area contributed by atoms with E-state index in [1.54, 1.807) is 6.33 Å². The average Bonchev–Trinajstić information content (AvgIpc) is 3.01. The molecule has 3 heterocycles. The highest BCUT2D eigenvalue weighted by molar-refractivity contribution is 6.76. The molecule has 2 aromatic heterocycles. The van der Waals surface area contributed by atoms with Crippen LogP contribution in [0.25, 0.3) is 11.0 Å². The third-order valence-corrected chi connectivity index (χ3v) is 7.08. The molecule has 1 fully saturated rings. The van der Waals surface area contributed by atoms with Gasteiger partial charge in [0, 0.05) is 40.5 Å². The summed E-state index contributed by atoms with van der Waals surface area (Å²) in [4.78, 5) is 11.4. The highest BCUT2D eigenvalue weighted by atomic mass is 28.3. The van der Waals surface area contributed by atoms with Gasteiger partial charge in [-0.1, -0.05) is 26.6 Å². The van der Waals surface area contributed by atoms with Gasteiger partial charge in [0.1, 0.15) is 24.5 Å². The lowest BCUT2D eigenvalue weighted by atomic mass is 9.93. The molecule has 2 atom stereocenters. The number of hydrogen-bond donors (Lipinski definition) is 1. The molecule has 144 valence electrons. The summed E-state index contributed by atoms with van der Waals surface area (Å²) in [5.41, 5.74) is 0.950. The maximum Gasteiger partial charge on any atom is 0.147 e. The first kappa shape index (κ1) is 19.3. The highest BCUT2D eigenvalue weighted by Crippen LogP contribution is 2.27. The zero-order valence-corrected chi connectivity index (χ0v) is 17.8. The number of ether oxygens (including phenoxy) is 1. The summed E-state index contributed by atoms with van der Waals surface area (Å²) >= 11 is 0. The van der Waals surface area contributed by atoms with E-state index in [-0.39, 0.29) is 0 Å². The van der Waals surface area contributed by atoms with Crippen molar-refractivity contribution in [2.75, 3.05) is 31.6 Å². The van der Waals surface area contributed by atoms with E-state index >= 15 is 0 Å². The first-order valence-electron chi connectivity index (χ1n) is 9.68. The Kier molecular flexibility index (Phi) is 5.99. The maximum absolute atomic E-state index is 5.91. The second kappa shape index (κ2) is 8.06. The number of likely N-dealkylation sites (N-methyl/N-ethyl adjacent to an activating group) is 1. The van der Waals surface area contributed by atoms with Crippen molar-refractivity contribution in [3.63, 3.8) is 0 Å². The second-order valence-corrected chi connectivity index (χ2v) is 14.3. The number of piperidine rings is 1. The first-order chi connectivity index (χ1) is 12.4. The molecule has 0 saturated carbocycles. The summed E-state index contributed by atoms with van der Waals surface area (Å²) in [6.45, 7) is 12.9. The predicted molar refractivity (Wildman–Crippen MR) is 110 cm³/mol. The maximum atomic E-state index is 5.91. The summed E-state index contributed by atoms with van der Waals surface area (Å²) in [6, 6.07) is 3.75. The Hall–Kier alpha value is -1.44. The zero-order valence-electron chi connectivity index (χ0n) is 16.8. The summed E-state index contributed by atoms with van der Waals surface area (Å²) in [5, 5.41) is 4.61. The quantitative estimate of drug-likeness (QED) is 0.595. The summed E-state index contributed by atoms with van der Waals surface area (Å²) in [6.07, 6.45) is 4.94. The van der Waals surface area contributed by atoms with E-state index in [0.29, 0.717) is 18.7 Å². The lowest BCUT2D eigenvalue weighted by Crippen LogP contribution is -2.49. The molecule has 2 aromatic rings. The molecule has 7 heteroatoms. The highest BCUT2D eigenvalue weighted by Gasteiger charge is 2.27. The number of nitrogens with zero attached hydrogens (tertiary/aromatic N) is 4. The largest absolute Gasteiger partial charge is 0.361 e. The number of rotatable bonds is 7. The van der Waals surface area contributed by atoms with E-state index in [1.807, 2.05) is 0 Å². The number of aromatic nitrogens is 3. The van der Waals surface area contributed by atoms with Crippen LogP contribution in [0.4, 0.5) is 5.82 Å². The number of hydrogen-bond acceptors (Lipinski definition) is 5. The van der Waals surface area contributed by atoms with Crippen molar-refractivity contribution in [2.45, 2.75) is 51.8 Å². The Balaban J connectivity index is 1.74. The molecule has 26 heavy (non-hydrogen) atoms. The molecular weight excluding hydrogens is 342 g/mol. The zero-order chi connectivity index (χ0) is 18.7. The van der Waals surface area contributed by atoms with E-state index < -0.39 is 8.07 Å². The molecule has 1 aliphatic heterocycles. The van der Waals surface area contributed by atoms with Gasteiger partial charge in [0.25, 0.3) is 0 Å². The molecule has 0 aromatic carbocycles. The van der Waals surface area contributed by atoms with Gasteiger partial charge in [0.2, 0.25) is 0 Å². The van der Waals surface area contributed by atoms with Crippen LogP contribution in [0.1, 0.15) is 13.3 Å². The van der Waals surface area contributed by atoms with Gasteiger partial charge in [0.05, 0.1) is 5.39 Å². The molecular formula is C19H33N5OSi. The van der Waals surface area contributed by atoms with Crippen molar-refractivity contribution in [3.05, 3.63) is 18.6 Å². The molecule has 3 rings (SSSR count). The average molecular weight is 376 g/mol. The van der Waals surface area contributed by atoms with Crippen LogP contribution in [-0.4, -0.2) is 55.4 Å². The van der Waals surface area contributed by atoms with Gasteiger partial charge in [-0.25, -0.2) is 9.97 Å². The Morgan fingerprint density at radius 2 is 2.15 bits per heavy atom. The standard InChI is InChI=1S/C19H33N5OSi/c1-15-6-8-20-12-17(15)23(2)18-16-7-9-24(19(16)22-13-21-18)14-25-10-11-26(3,4)5/h7,9,13,15,17,20H,6,8,10-12,14H2,1-5H3/t15-,17+/m1/s1. The van der Waals surface area contributed by atoms with Crippen LogP contribution >= 0.6 is 0 Å². The monoisotopic (exact) mass is 375 g/mol. The fourth-order valence-electron chi connectivity index (χ4n) is 3.57. The van der Waals surface area contributed by atoms with Gasteiger partial charge in [-0.3, -0.25) is 0 Å². The fraction of sp³-hybridized carbons (Fsp3) is 0.684. The smallest absolute Gasteiger partial charge is 0.147 e. The summed E-state index contributed by atoms with van der Waals surface area (Å²) in [5.74, 6) is 1.66. The first-order valence-corrected chi connectivity index (χ1v) is 13.4.